The Bertz CT molecular complexity index is 7540. The number of carbonyl (C=O) groups excluding carboxylic acids is 8. The van der Waals surface area contributed by atoms with Crippen molar-refractivity contribution in [2.75, 3.05) is 39.2 Å². The lowest BCUT2D eigenvalue weighted by Gasteiger charge is -2.26. The molecule has 652 valence electrons. The van der Waals surface area contributed by atoms with Crippen molar-refractivity contribution in [2.45, 2.75) is 0 Å². The molecule has 0 saturated carbocycles. The summed E-state index contributed by atoms with van der Waals surface area (Å²) in [6.45, 7) is 0. The van der Waals surface area contributed by atoms with Crippen molar-refractivity contribution in [3.8, 4) is 43.1 Å². The lowest BCUT2D eigenvalue weighted by Crippen LogP contribution is -2.29. The van der Waals surface area contributed by atoms with Gasteiger partial charge in [-0.15, -0.1) is 22.7 Å². The van der Waals surface area contributed by atoms with Crippen LogP contribution in [0.4, 0.5) is 91.0 Å². The van der Waals surface area contributed by atoms with Gasteiger partial charge in [-0.05, 0) is 277 Å². The Kier molecular flexibility index (Phi) is 21.2. The van der Waals surface area contributed by atoms with Gasteiger partial charge >= 0.3 is 0 Å². The summed E-state index contributed by atoms with van der Waals surface area (Å²) in [5, 5.41) is 0. The highest BCUT2D eigenvalue weighted by atomic mass is 32.1. The molecule has 3 aromatic heterocycles. The van der Waals surface area contributed by atoms with E-state index in [0.717, 1.165) is 121 Å². The van der Waals surface area contributed by atoms with Gasteiger partial charge in [-0.25, -0.2) is 19.6 Å². The standard InChI is InChI=1S/C58H36N6O4S.C58H36N4O4S2/c65-55-49-31-21-37(35-51(49)57(67)63(55)45-27-23-43(24-28-45)61(39-13-5-1-6-14-39)40-15-7-2-8-16-40)47-33-34-48(54-53(47)59-69-60-54)38-22-32-50-52(36-38)58(68)64(56(50)66)46-29-25-44(26-30-46)62(41-17-9-3-10-18-41)42-19-11-4-12-20-42;63-55-47-31-21-37(33-49(47)57(65)61(55)45-27-23-43(24-28-45)59(39-13-5-1-6-14-39)40-15-7-2-8-16-40)51-35-53-54(67-51)36-52(68-53)38-22-32-48-50(34-38)58(66)62(56(48)64)46-29-25-44(26-30-46)60(41-17-9-3-10-18-41)42-19-11-4-12-20-42/h1-36H;1-36H. The molecule has 0 unspecified atom stereocenters. The highest BCUT2D eigenvalue weighted by Crippen LogP contribution is 2.48. The van der Waals surface area contributed by atoms with Gasteiger partial charge in [0.15, 0.2) is 0 Å². The number of imide groups is 4. The molecule has 18 nitrogen and oxygen atoms in total. The number of hydrogen-bond donors (Lipinski definition) is 0. The first-order valence-electron chi connectivity index (χ1n) is 44.2. The second kappa shape index (κ2) is 34.9. The Morgan fingerprint density at radius 1 is 0.175 bits per heavy atom. The highest BCUT2D eigenvalue weighted by molar-refractivity contribution is 7.31. The summed E-state index contributed by atoms with van der Waals surface area (Å²) in [6, 6.07) is 140. The van der Waals surface area contributed by atoms with E-state index in [2.05, 4.69) is 40.5 Å². The van der Waals surface area contributed by atoms with Gasteiger partial charge in [-0.1, -0.05) is 182 Å². The normalized spacial score (nSPS) is 13.0. The molecule has 0 saturated heterocycles. The van der Waals surface area contributed by atoms with Crippen LogP contribution in [0.25, 0.3) is 63.6 Å². The van der Waals surface area contributed by atoms with Crippen molar-refractivity contribution >= 4 is 193 Å². The van der Waals surface area contributed by atoms with Gasteiger partial charge in [0.1, 0.15) is 11.0 Å². The van der Waals surface area contributed by atoms with E-state index in [9.17, 15) is 38.4 Å². The van der Waals surface area contributed by atoms with Crippen LogP contribution >= 0.6 is 34.4 Å². The SMILES string of the molecule is O=C1c2ccc(-c3cc4sc(-c5ccc6c(c5)C(=O)N(c5ccc(N(c7ccccc7)c7ccccc7)cc5)C6=O)cc4s3)cc2C(=O)N1c1ccc(N(c2ccccc2)c2ccccc2)cc1.O=C1c2ccc(-c3ccc(-c4ccc5c(c4)C(=O)N(c4ccc(N(c6ccccc6)c6ccccc6)cc4)C5=O)c4nsnc34)cc2C(=O)N1c1ccc(N(c2ccccc2)c2ccccc2)cc1. The average Bonchev–Trinajstić information content (AvgIpc) is 1.62. The van der Waals surface area contributed by atoms with Crippen molar-refractivity contribution < 1.29 is 38.4 Å². The van der Waals surface area contributed by atoms with E-state index in [4.69, 9.17) is 0 Å². The summed E-state index contributed by atoms with van der Waals surface area (Å²) in [5.41, 5.74) is 21.8. The first kappa shape index (κ1) is 83.3. The number of nitrogens with zero attached hydrogens (tertiary/aromatic N) is 10. The zero-order valence-electron chi connectivity index (χ0n) is 72.5. The summed E-state index contributed by atoms with van der Waals surface area (Å²) < 4.78 is 11.5. The lowest BCUT2D eigenvalue weighted by molar-refractivity contribution is 0.0910. The summed E-state index contributed by atoms with van der Waals surface area (Å²) in [5.74, 6) is -3.05. The third-order valence-electron chi connectivity index (χ3n) is 24.9. The average molecular weight is 1830 g/mol. The van der Waals surface area contributed by atoms with Crippen molar-refractivity contribution in [1.29, 1.82) is 0 Å². The summed E-state index contributed by atoms with van der Waals surface area (Å²) in [7, 11) is 0. The number of amides is 8. The maximum atomic E-state index is 14.1. The molecule has 137 heavy (non-hydrogen) atoms. The van der Waals surface area contributed by atoms with Crippen LogP contribution in [0.1, 0.15) is 82.9 Å². The molecule has 21 heteroatoms. The molecular weight excluding hydrogens is 1760 g/mol. The maximum absolute atomic E-state index is 14.1. The van der Waals surface area contributed by atoms with Crippen molar-refractivity contribution in [1.82, 2.24) is 8.75 Å². The number of para-hydroxylation sites is 8. The topological polar surface area (TPSA) is 188 Å². The number of thiophene rings is 2. The largest absolute Gasteiger partial charge is 0.311 e. The Morgan fingerprint density at radius 2 is 0.358 bits per heavy atom. The number of hydrogen-bond acceptors (Lipinski definition) is 17. The molecule has 0 spiro atoms. The fourth-order valence-electron chi connectivity index (χ4n) is 18.4. The van der Waals surface area contributed by atoms with Gasteiger partial charge in [-0.3, -0.25) is 38.4 Å². The predicted octanol–water partition coefficient (Wildman–Crippen LogP) is 28.4. The van der Waals surface area contributed by atoms with E-state index < -0.39 is 23.6 Å². The van der Waals surface area contributed by atoms with Gasteiger partial charge in [0.25, 0.3) is 47.3 Å². The van der Waals surface area contributed by atoms with Gasteiger partial charge in [0, 0.05) is 98.5 Å². The Labute approximate surface area is 798 Å². The number of benzene rings is 17. The number of anilines is 16. The molecule has 0 aliphatic carbocycles. The van der Waals surface area contributed by atoms with Crippen LogP contribution in [0.5, 0.6) is 0 Å². The Morgan fingerprint density at radius 3 is 0.577 bits per heavy atom. The highest BCUT2D eigenvalue weighted by Gasteiger charge is 2.42. The van der Waals surface area contributed by atoms with E-state index >= 15 is 0 Å². The third-order valence-corrected chi connectivity index (χ3v) is 27.9. The Hall–Kier alpha value is -18.0. The van der Waals surface area contributed by atoms with Crippen LogP contribution < -0.4 is 39.2 Å². The van der Waals surface area contributed by atoms with Crippen molar-refractivity contribution in [2.24, 2.45) is 0 Å². The smallest absolute Gasteiger partial charge is 0.266 e. The molecule has 0 bridgehead atoms. The minimum Gasteiger partial charge on any atom is -0.311 e. The predicted molar refractivity (Wildman–Crippen MR) is 548 cm³/mol. The number of aromatic nitrogens is 2. The van der Waals surface area contributed by atoms with E-state index in [0.29, 0.717) is 89.4 Å². The van der Waals surface area contributed by atoms with Crippen LogP contribution in [0.3, 0.4) is 0 Å². The molecule has 4 aliphatic heterocycles. The molecule has 4 aliphatic rings. The van der Waals surface area contributed by atoms with Crippen LogP contribution in [-0.4, -0.2) is 56.0 Å². The monoisotopic (exact) mass is 1830 g/mol. The number of fused-ring (bicyclic) bond motifs is 6. The minimum absolute atomic E-state index is 0.294. The first-order valence-corrected chi connectivity index (χ1v) is 46.6. The van der Waals surface area contributed by atoms with Gasteiger partial charge in [0.05, 0.1) is 79.0 Å². The Balaban J connectivity index is 0.000000154. The lowest BCUT2D eigenvalue weighted by atomic mass is 9.94. The second-order valence-electron chi connectivity index (χ2n) is 33.0. The summed E-state index contributed by atoms with van der Waals surface area (Å²) in [4.78, 5) is 127. The second-order valence-corrected chi connectivity index (χ2v) is 35.7. The first-order chi connectivity index (χ1) is 67.3. The van der Waals surface area contributed by atoms with Gasteiger partial charge in [0.2, 0.25) is 0 Å². The van der Waals surface area contributed by atoms with E-state index in [-0.39, 0.29) is 23.6 Å². The van der Waals surface area contributed by atoms with Crippen LogP contribution in [0, 0.1) is 0 Å². The molecule has 20 aromatic rings. The van der Waals surface area contributed by atoms with Crippen molar-refractivity contribution in [3.63, 3.8) is 0 Å². The third kappa shape index (κ3) is 15.0. The molecule has 7 heterocycles. The molecule has 0 fully saturated rings. The molecule has 0 N–H and O–H groups in total. The van der Waals surface area contributed by atoms with E-state index in [1.54, 1.807) is 83.3 Å². The number of rotatable bonds is 20. The molecule has 0 radical (unpaired) electrons. The minimum atomic E-state index is -0.416. The van der Waals surface area contributed by atoms with Crippen LogP contribution in [0.15, 0.2) is 437 Å². The molecule has 17 aromatic carbocycles. The number of carbonyl (C=O) groups is 8. The van der Waals surface area contributed by atoms with Gasteiger partial charge in [-0.2, -0.15) is 8.75 Å². The van der Waals surface area contributed by atoms with Crippen LogP contribution in [-0.2, 0) is 0 Å². The van der Waals surface area contributed by atoms with Gasteiger partial charge < -0.3 is 19.6 Å². The molecule has 24 rings (SSSR count). The molecule has 8 amide bonds. The van der Waals surface area contributed by atoms with E-state index in [1.165, 1.54) is 19.6 Å². The summed E-state index contributed by atoms with van der Waals surface area (Å²) in [6.07, 6.45) is 0. The summed E-state index contributed by atoms with van der Waals surface area (Å²) >= 11 is 4.25. The van der Waals surface area contributed by atoms with Crippen LogP contribution in [0.2, 0.25) is 0 Å². The fraction of sp³-hybridized carbons (Fsp3) is 0. The maximum Gasteiger partial charge on any atom is 0.266 e. The zero-order valence-corrected chi connectivity index (χ0v) is 75.0. The quantitative estimate of drug-likeness (QED) is 0.0655. The zero-order chi connectivity index (χ0) is 92.5. The molecular formula is C116H72N10O8S3. The molecule has 0 atom stereocenters. The van der Waals surface area contributed by atoms with Crippen molar-refractivity contribution in [3.05, 3.63) is 481 Å². The fourth-order valence-corrected chi connectivity index (χ4v) is 21.4. The van der Waals surface area contributed by atoms with E-state index in [1.807, 2.05) is 364 Å².